The third-order valence-corrected chi connectivity index (χ3v) is 5.02. The summed E-state index contributed by atoms with van der Waals surface area (Å²) in [5, 5.41) is 0. The molecule has 1 fully saturated rings. The standard InChI is InChI=1S/C16H23NO2S/c1-11-10-17-15(12(2)16(11)19-3)9-14(18)8-13-4-6-20-7-5-13/h10,13H,4-9H2,1-3H3. The SMILES string of the molecule is COc1c(C)cnc(CC(=O)CC2CCSCC2)c1C. The Bertz CT molecular complexity index is 482. The molecule has 4 heteroatoms. The van der Waals surface area contributed by atoms with Crippen molar-refractivity contribution in [3.05, 3.63) is 23.0 Å². The van der Waals surface area contributed by atoms with Gasteiger partial charge >= 0.3 is 0 Å². The fraction of sp³-hybridized carbons (Fsp3) is 0.625. The van der Waals surface area contributed by atoms with Gasteiger partial charge in [-0.25, -0.2) is 0 Å². The van der Waals surface area contributed by atoms with Crippen LogP contribution in [-0.2, 0) is 11.2 Å². The molecule has 1 aromatic heterocycles. The maximum absolute atomic E-state index is 12.2. The van der Waals surface area contributed by atoms with E-state index in [-0.39, 0.29) is 0 Å². The molecule has 110 valence electrons. The van der Waals surface area contributed by atoms with Crippen LogP contribution < -0.4 is 4.74 Å². The zero-order chi connectivity index (χ0) is 14.5. The number of ether oxygens (including phenoxy) is 1. The maximum atomic E-state index is 12.2. The van der Waals surface area contributed by atoms with Gasteiger partial charge < -0.3 is 4.74 Å². The fourth-order valence-electron chi connectivity index (χ4n) is 2.78. The number of ketones is 1. The van der Waals surface area contributed by atoms with Crippen molar-refractivity contribution in [2.24, 2.45) is 5.92 Å². The van der Waals surface area contributed by atoms with E-state index in [4.69, 9.17) is 4.74 Å². The highest BCUT2D eigenvalue weighted by Crippen LogP contribution is 2.27. The summed E-state index contributed by atoms with van der Waals surface area (Å²) in [5.74, 6) is 4.15. The van der Waals surface area contributed by atoms with E-state index in [1.807, 2.05) is 25.6 Å². The monoisotopic (exact) mass is 293 g/mol. The minimum absolute atomic E-state index is 0.309. The molecule has 0 atom stereocenters. The second-order valence-electron chi connectivity index (χ2n) is 5.52. The van der Waals surface area contributed by atoms with Crippen LogP contribution in [0.2, 0.25) is 0 Å². The molecule has 20 heavy (non-hydrogen) atoms. The molecule has 1 aliphatic heterocycles. The summed E-state index contributed by atoms with van der Waals surface area (Å²) in [7, 11) is 1.67. The van der Waals surface area contributed by atoms with Gasteiger partial charge in [0.1, 0.15) is 11.5 Å². The van der Waals surface area contributed by atoms with Gasteiger partial charge in [0.2, 0.25) is 0 Å². The summed E-state index contributed by atoms with van der Waals surface area (Å²) in [6, 6.07) is 0. The Morgan fingerprint density at radius 1 is 1.40 bits per heavy atom. The van der Waals surface area contributed by atoms with Crippen molar-refractivity contribution in [2.45, 2.75) is 39.5 Å². The second-order valence-corrected chi connectivity index (χ2v) is 6.75. The van der Waals surface area contributed by atoms with Gasteiger partial charge in [0.25, 0.3) is 0 Å². The van der Waals surface area contributed by atoms with Crippen molar-refractivity contribution >= 4 is 17.5 Å². The molecule has 0 unspecified atom stereocenters. The van der Waals surface area contributed by atoms with Gasteiger partial charge in [0.15, 0.2) is 0 Å². The number of carbonyl (C=O) groups is 1. The molecule has 3 nitrogen and oxygen atoms in total. The van der Waals surface area contributed by atoms with E-state index < -0.39 is 0 Å². The van der Waals surface area contributed by atoms with Crippen molar-refractivity contribution < 1.29 is 9.53 Å². The predicted molar refractivity (Wildman–Crippen MR) is 83.6 cm³/mol. The van der Waals surface area contributed by atoms with Crippen molar-refractivity contribution in [1.29, 1.82) is 0 Å². The summed E-state index contributed by atoms with van der Waals surface area (Å²) >= 11 is 2.00. The first-order valence-corrected chi connectivity index (χ1v) is 8.35. The van der Waals surface area contributed by atoms with Crippen LogP contribution in [-0.4, -0.2) is 29.4 Å². The Kier molecular flexibility index (Phi) is 5.46. The Morgan fingerprint density at radius 3 is 2.75 bits per heavy atom. The number of thioether (sulfide) groups is 1. The van der Waals surface area contributed by atoms with E-state index in [0.29, 0.717) is 24.5 Å². The highest BCUT2D eigenvalue weighted by molar-refractivity contribution is 7.99. The van der Waals surface area contributed by atoms with Crippen LogP contribution >= 0.6 is 11.8 Å². The molecule has 0 radical (unpaired) electrons. The lowest BCUT2D eigenvalue weighted by atomic mass is 9.94. The van der Waals surface area contributed by atoms with Crippen LogP contribution in [0, 0.1) is 19.8 Å². The zero-order valence-corrected chi connectivity index (χ0v) is 13.4. The molecule has 0 bridgehead atoms. The molecular formula is C16H23NO2S. The molecule has 0 aliphatic carbocycles. The van der Waals surface area contributed by atoms with Crippen LogP contribution in [0.3, 0.4) is 0 Å². The van der Waals surface area contributed by atoms with E-state index in [1.54, 1.807) is 13.3 Å². The number of pyridine rings is 1. The summed E-state index contributed by atoms with van der Waals surface area (Å²) in [5.41, 5.74) is 2.88. The molecule has 2 heterocycles. The highest BCUT2D eigenvalue weighted by atomic mass is 32.2. The highest BCUT2D eigenvalue weighted by Gasteiger charge is 2.19. The molecule has 0 spiro atoms. The van der Waals surface area contributed by atoms with Gasteiger partial charge in [-0.05, 0) is 44.1 Å². The lowest BCUT2D eigenvalue weighted by Crippen LogP contribution is -2.16. The van der Waals surface area contributed by atoms with E-state index in [9.17, 15) is 4.79 Å². The minimum atomic E-state index is 0.309. The van der Waals surface area contributed by atoms with Gasteiger partial charge in [0, 0.05) is 30.2 Å². The van der Waals surface area contributed by atoms with E-state index in [2.05, 4.69) is 4.98 Å². The van der Waals surface area contributed by atoms with Gasteiger partial charge in [-0.15, -0.1) is 0 Å². The quantitative estimate of drug-likeness (QED) is 0.834. The lowest BCUT2D eigenvalue weighted by Gasteiger charge is -2.20. The first kappa shape index (κ1) is 15.4. The number of methoxy groups -OCH3 is 1. The van der Waals surface area contributed by atoms with Crippen molar-refractivity contribution in [2.75, 3.05) is 18.6 Å². The summed E-state index contributed by atoms with van der Waals surface area (Å²) in [6.45, 7) is 3.96. The molecule has 0 saturated carbocycles. The number of rotatable bonds is 5. The number of aromatic nitrogens is 1. The Hall–Kier alpha value is -1.03. The third-order valence-electron chi connectivity index (χ3n) is 3.97. The number of carbonyl (C=O) groups excluding carboxylic acids is 1. The van der Waals surface area contributed by atoms with E-state index in [1.165, 1.54) is 24.3 Å². The van der Waals surface area contributed by atoms with Crippen LogP contribution in [0.15, 0.2) is 6.20 Å². The van der Waals surface area contributed by atoms with Gasteiger partial charge in [-0.3, -0.25) is 9.78 Å². The molecule has 1 aromatic rings. The maximum Gasteiger partial charge on any atom is 0.139 e. The van der Waals surface area contributed by atoms with E-state index in [0.717, 1.165) is 22.6 Å². The number of hydrogen-bond acceptors (Lipinski definition) is 4. The molecule has 0 amide bonds. The topological polar surface area (TPSA) is 39.2 Å². The van der Waals surface area contributed by atoms with Crippen LogP contribution in [0.1, 0.15) is 36.1 Å². The van der Waals surface area contributed by atoms with Crippen LogP contribution in [0.25, 0.3) is 0 Å². The molecule has 1 saturated heterocycles. The first-order chi connectivity index (χ1) is 9.61. The van der Waals surface area contributed by atoms with Gasteiger partial charge in [-0.1, -0.05) is 0 Å². The number of aryl methyl sites for hydroxylation is 1. The Morgan fingerprint density at radius 2 is 2.10 bits per heavy atom. The zero-order valence-electron chi connectivity index (χ0n) is 12.6. The number of Topliss-reactive ketones (excluding diaryl/α,β-unsaturated/α-hetero) is 1. The number of hydrogen-bond donors (Lipinski definition) is 0. The first-order valence-electron chi connectivity index (χ1n) is 7.20. The normalized spacial score (nSPS) is 16.1. The molecule has 1 aliphatic rings. The summed E-state index contributed by atoms with van der Waals surface area (Å²) < 4.78 is 5.39. The average molecular weight is 293 g/mol. The molecule has 2 rings (SSSR count). The van der Waals surface area contributed by atoms with Crippen molar-refractivity contribution in [3.8, 4) is 5.75 Å². The predicted octanol–water partition coefficient (Wildman–Crippen LogP) is 3.35. The van der Waals surface area contributed by atoms with Gasteiger partial charge in [-0.2, -0.15) is 11.8 Å². The fourth-order valence-corrected chi connectivity index (χ4v) is 3.98. The van der Waals surface area contributed by atoms with E-state index >= 15 is 0 Å². The largest absolute Gasteiger partial charge is 0.496 e. The van der Waals surface area contributed by atoms with Crippen molar-refractivity contribution in [3.63, 3.8) is 0 Å². The summed E-state index contributed by atoms with van der Waals surface area (Å²) in [4.78, 5) is 16.6. The molecule has 0 N–H and O–H groups in total. The molecular weight excluding hydrogens is 270 g/mol. The Labute approximate surface area is 125 Å². The average Bonchev–Trinajstić information content (AvgIpc) is 2.44. The minimum Gasteiger partial charge on any atom is -0.496 e. The van der Waals surface area contributed by atoms with Crippen molar-refractivity contribution in [1.82, 2.24) is 4.98 Å². The summed E-state index contributed by atoms with van der Waals surface area (Å²) in [6.07, 6.45) is 5.30. The van der Waals surface area contributed by atoms with Crippen LogP contribution in [0.4, 0.5) is 0 Å². The van der Waals surface area contributed by atoms with Crippen LogP contribution in [0.5, 0.6) is 5.75 Å². The lowest BCUT2D eigenvalue weighted by molar-refractivity contribution is -0.119. The Balaban J connectivity index is 2.00. The third kappa shape index (κ3) is 3.75. The van der Waals surface area contributed by atoms with Gasteiger partial charge in [0.05, 0.1) is 12.8 Å². The smallest absolute Gasteiger partial charge is 0.139 e. The number of nitrogens with zero attached hydrogens (tertiary/aromatic N) is 1. The molecule has 0 aromatic carbocycles. The second kappa shape index (κ2) is 7.11.